The van der Waals surface area contributed by atoms with Crippen LogP contribution in [0.4, 0.5) is 5.69 Å². The van der Waals surface area contributed by atoms with Gasteiger partial charge in [-0.05, 0) is 18.6 Å². The Morgan fingerprint density at radius 3 is 2.81 bits per heavy atom. The average molecular weight is 288 g/mol. The molecular formula is C15H20N4O2. The first kappa shape index (κ1) is 14.9. The number of nitrogens with zero attached hydrogens (tertiary/aromatic N) is 3. The Kier molecular flexibility index (Phi) is 5.20. The minimum absolute atomic E-state index is 0.00203. The highest BCUT2D eigenvalue weighted by Gasteiger charge is 2.09. The van der Waals surface area contributed by atoms with Crippen LogP contribution in [0.3, 0.4) is 0 Å². The lowest BCUT2D eigenvalue weighted by molar-refractivity contribution is -0.130. The maximum Gasteiger partial charge on any atom is 0.244 e. The molecule has 0 saturated heterocycles. The quantitative estimate of drug-likeness (QED) is 0.781. The summed E-state index contributed by atoms with van der Waals surface area (Å²) in [4.78, 5) is 13.6. The van der Waals surface area contributed by atoms with Gasteiger partial charge in [-0.1, -0.05) is 18.2 Å². The summed E-state index contributed by atoms with van der Waals surface area (Å²) in [7, 11) is 1.78. The fourth-order valence-electron chi connectivity index (χ4n) is 1.86. The first-order chi connectivity index (χ1) is 10.1. The number of para-hydroxylation sites is 1. The number of carbonyl (C=O) groups excluding carboxylic acids is 1. The van der Waals surface area contributed by atoms with Crippen LogP contribution < -0.4 is 10.5 Å². The average Bonchev–Trinajstić information content (AvgIpc) is 2.89. The van der Waals surface area contributed by atoms with Crippen LogP contribution in [0, 0.1) is 0 Å². The second-order valence-electron chi connectivity index (χ2n) is 4.80. The molecule has 2 aromatic rings. The van der Waals surface area contributed by atoms with Gasteiger partial charge in [-0.25, -0.2) is 0 Å². The number of anilines is 1. The maximum atomic E-state index is 12.0. The van der Waals surface area contributed by atoms with Crippen molar-refractivity contribution in [1.82, 2.24) is 14.7 Å². The molecule has 6 nitrogen and oxygen atoms in total. The molecule has 0 aliphatic rings. The third-order valence-corrected chi connectivity index (χ3v) is 3.03. The van der Waals surface area contributed by atoms with Crippen LogP contribution in [0.2, 0.25) is 0 Å². The molecule has 0 aliphatic carbocycles. The Balaban J connectivity index is 1.67. The number of benzene rings is 1. The Hall–Kier alpha value is -2.50. The summed E-state index contributed by atoms with van der Waals surface area (Å²) in [6, 6.07) is 9.64. The van der Waals surface area contributed by atoms with Gasteiger partial charge in [0.2, 0.25) is 5.91 Å². The van der Waals surface area contributed by atoms with Crippen LogP contribution in [0.5, 0.6) is 5.75 Å². The molecule has 1 aromatic carbocycles. The van der Waals surface area contributed by atoms with Gasteiger partial charge in [0.1, 0.15) is 12.3 Å². The second kappa shape index (κ2) is 7.33. The Bertz CT molecular complexity index is 568. The molecule has 21 heavy (non-hydrogen) atoms. The molecule has 0 unspecified atom stereocenters. The first-order valence-corrected chi connectivity index (χ1v) is 6.85. The number of hydrogen-bond donors (Lipinski definition) is 1. The van der Waals surface area contributed by atoms with E-state index in [0.717, 1.165) is 12.2 Å². The zero-order valence-electron chi connectivity index (χ0n) is 12.1. The molecule has 1 heterocycles. The van der Waals surface area contributed by atoms with Crippen molar-refractivity contribution in [2.24, 2.45) is 0 Å². The fourth-order valence-corrected chi connectivity index (χ4v) is 1.86. The van der Waals surface area contributed by atoms with Gasteiger partial charge in [-0.3, -0.25) is 9.48 Å². The topological polar surface area (TPSA) is 73.4 Å². The lowest BCUT2D eigenvalue weighted by Crippen LogP contribution is -2.31. The zero-order valence-corrected chi connectivity index (χ0v) is 12.1. The number of amides is 1. The molecule has 2 rings (SSSR count). The molecule has 0 radical (unpaired) electrons. The minimum Gasteiger partial charge on any atom is -0.494 e. The molecular weight excluding hydrogens is 268 g/mol. The van der Waals surface area contributed by atoms with E-state index < -0.39 is 0 Å². The minimum atomic E-state index is -0.00203. The SMILES string of the molecule is CN(CCCOc1ccccc1)C(=O)Cn1cc(N)cn1. The van der Waals surface area contributed by atoms with Crippen LogP contribution in [0.15, 0.2) is 42.7 Å². The molecule has 0 spiro atoms. The number of nitrogen functional groups attached to an aromatic ring is 1. The van der Waals surface area contributed by atoms with Gasteiger partial charge in [-0.15, -0.1) is 0 Å². The molecule has 0 atom stereocenters. The molecule has 0 saturated carbocycles. The van der Waals surface area contributed by atoms with E-state index in [1.165, 1.54) is 10.9 Å². The Morgan fingerprint density at radius 1 is 1.38 bits per heavy atom. The van der Waals surface area contributed by atoms with Crippen molar-refractivity contribution in [2.75, 3.05) is 25.9 Å². The van der Waals surface area contributed by atoms with Gasteiger partial charge in [0, 0.05) is 19.8 Å². The Morgan fingerprint density at radius 2 is 2.14 bits per heavy atom. The van der Waals surface area contributed by atoms with Crippen molar-refractivity contribution in [3.05, 3.63) is 42.7 Å². The predicted octanol–water partition coefficient (Wildman–Crippen LogP) is 1.39. The van der Waals surface area contributed by atoms with E-state index in [-0.39, 0.29) is 12.5 Å². The van der Waals surface area contributed by atoms with E-state index in [1.807, 2.05) is 30.3 Å². The molecule has 2 N–H and O–H groups in total. The van der Waals surface area contributed by atoms with Gasteiger partial charge >= 0.3 is 0 Å². The van der Waals surface area contributed by atoms with Crippen molar-refractivity contribution < 1.29 is 9.53 Å². The molecule has 0 bridgehead atoms. The monoisotopic (exact) mass is 288 g/mol. The van der Waals surface area contributed by atoms with E-state index in [2.05, 4.69) is 5.10 Å². The summed E-state index contributed by atoms with van der Waals surface area (Å²) >= 11 is 0. The summed E-state index contributed by atoms with van der Waals surface area (Å²) in [5.74, 6) is 0.844. The second-order valence-corrected chi connectivity index (χ2v) is 4.80. The van der Waals surface area contributed by atoms with Crippen LogP contribution in [0.1, 0.15) is 6.42 Å². The normalized spacial score (nSPS) is 10.3. The highest BCUT2D eigenvalue weighted by atomic mass is 16.5. The third-order valence-electron chi connectivity index (χ3n) is 3.03. The van der Waals surface area contributed by atoms with Crippen molar-refractivity contribution >= 4 is 11.6 Å². The van der Waals surface area contributed by atoms with Gasteiger partial charge in [-0.2, -0.15) is 5.10 Å². The van der Waals surface area contributed by atoms with Crippen molar-refractivity contribution in [3.8, 4) is 5.75 Å². The summed E-state index contributed by atoms with van der Waals surface area (Å²) in [5.41, 5.74) is 6.12. The summed E-state index contributed by atoms with van der Waals surface area (Å²) in [6.07, 6.45) is 3.95. The van der Waals surface area contributed by atoms with Crippen LogP contribution >= 0.6 is 0 Å². The molecule has 112 valence electrons. The van der Waals surface area contributed by atoms with Gasteiger partial charge < -0.3 is 15.4 Å². The predicted molar refractivity (Wildman–Crippen MR) is 80.8 cm³/mol. The molecule has 0 fully saturated rings. The molecule has 1 aromatic heterocycles. The lowest BCUT2D eigenvalue weighted by Gasteiger charge is -2.17. The number of rotatable bonds is 7. The highest BCUT2D eigenvalue weighted by molar-refractivity contribution is 5.75. The standard InChI is InChI=1S/C15H20N4O2/c1-18(15(20)12-19-11-13(16)10-17-19)8-5-9-21-14-6-3-2-4-7-14/h2-4,6-7,10-11H,5,8-9,12,16H2,1H3. The lowest BCUT2D eigenvalue weighted by atomic mass is 10.3. The number of nitrogens with two attached hydrogens (primary N) is 1. The number of hydrogen-bond acceptors (Lipinski definition) is 4. The van der Waals surface area contributed by atoms with Crippen LogP contribution in [0.25, 0.3) is 0 Å². The van der Waals surface area contributed by atoms with Crippen molar-refractivity contribution in [2.45, 2.75) is 13.0 Å². The van der Waals surface area contributed by atoms with Crippen LogP contribution in [-0.2, 0) is 11.3 Å². The largest absolute Gasteiger partial charge is 0.494 e. The van der Waals surface area contributed by atoms with Crippen molar-refractivity contribution in [3.63, 3.8) is 0 Å². The number of aromatic nitrogens is 2. The molecule has 6 heteroatoms. The maximum absolute atomic E-state index is 12.0. The fraction of sp³-hybridized carbons (Fsp3) is 0.333. The number of carbonyl (C=O) groups is 1. The van der Waals surface area contributed by atoms with Gasteiger partial charge in [0.25, 0.3) is 0 Å². The number of ether oxygens (including phenoxy) is 1. The van der Waals surface area contributed by atoms with Crippen LogP contribution in [-0.4, -0.2) is 40.8 Å². The highest BCUT2D eigenvalue weighted by Crippen LogP contribution is 2.08. The molecule has 1 amide bonds. The third kappa shape index (κ3) is 4.83. The summed E-state index contributed by atoms with van der Waals surface area (Å²) < 4.78 is 7.12. The summed E-state index contributed by atoms with van der Waals surface area (Å²) in [5, 5.41) is 3.99. The van der Waals surface area contributed by atoms with E-state index in [4.69, 9.17) is 10.5 Å². The van der Waals surface area contributed by atoms with Gasteiger partial charge in [0.05, 0.1) is 18.5 Å². The molecule has 0 aliphatic heterocycles. The van der Waals surface area contributed by atoms with Gasteiger partial charge in [0.15, 0.2) is 0 Å². The first-order valence-electron chi connectivity index (χ1n) is 6.85. The van der Waals surface area contributed by atoms with Crippen molar-refractivity contribution in [1.29, 1.82) is 0 Å². The Labute approximate surface area is 124 Å². The van der Waals surface area contributed by atoms with E-state index in [9.17, 15) is 4.79 Å². The summed E-state index contributed by atoms with van der Waals surface area (Å²) in [6.45, 7) is 1.42. The number of likely N-dealkylation sites (N-methyl/N-ethyl adjacent to an activating group) is 1. The zero-order chi connectivity index (χ0) is 15.1. The van der Waals surface area contributed by atoms with E-state index in [1.54, 1.807) is 18.1 Å². The smallest absolute Gasteiger partial charge is 0.244 e. The van der Waals surface area contributed by atoms with E-state index >= 15 is 0 Å². The van der Waals surface area contributed by atoms with E-state index in [0.29, 0.717) is 18.8 Å².